The zero-order valence-corrected chi connectivity index (χ0v) is 14.8. The third-order valence-corrected chi connectivity index (χ3v) is 4.83. The standard InChI is InChI=1S/C19H25NOSi/c1-22(2,3)16-19(21)20(14-17-10-6-4-7-11-17)15-18-12-8-5-9-13-18/h4-13H,14-16H2,1-3H3. The van der Waals surface area contributed by atoms with Gasteiger partial charge in [-0.3, -0.25) is 4.79 Å². The molecule has 0 aliphatic carbocycles. The molecular formula is C19H25NOSi. The third-order valence-electron chi connectivity index (χ3n) is 3.47. The first-order chi connectivity index (χ1) is 10.4. The summed E-state index contributed by atoms with van der Waals surface area (Å²) in [6, 6.07) is 21.2. The van der Waals surface area contributed by atoms with Crippen molar-refractivity contribution in [2.45, 2.75) is 38.8 Å². The summed E-state index contributed by atoms with van der Waals surface area (Å²) < 4.78 is 0. The molecule has 3 heteroatoms. The molecule has 0 aliphatic heterocycles. The largest absolute Gasteiger partial charge is 0.334 e. The van der Waals surface area contributed by atoms with Crippen molar-refractivity contribution in [3.05, 3.63) is 71.8 Å². The molecule has 0 atom stereocenters. The molecule has 2 nitrogen and oxygen atoms in total. The van der Waals surface area contributed by atoms with E-state index in [1.807, 2.05) is 41.3 Å². The Kier molecular flexibility index (Phi) is 5.55. The zero-order valence-electron chi connectivity index (χ0n) is 13.8. The molecule has 116 valence electrons. The highest BCUT2D eigenvalue weighted by Crippen LogP contribution is 2.16. The van der Waals surface area contributed by atoms with Crippen molar-refractivity contribution in [1.82, 2.24) is 4.90 Å². The second-order valence-corrected chi connectivity index (χ2v) is 12.4. The fourth-order valence-electron chi connectivity index (χ4n) is 2.41. The molecule has 0 aliphatic rings. The Hall–Kier alpha value is -1.87. The minimum absolute atomic E-state index is 0.270. The Bertz CT molecular complexity index is 548. The van der Waals surface area contributed by atoms with Crippen LogP contribution in [0.25, 0.3) is 0 Å². The van der Waals surface area contributed by atoms with Crippen LogP contribution in [-0.4, -0.2) is 18.9 Å². The molecule has 0 fully saturated rings. The van der Waals surface area contributed by atoms with E-state index in [1.165, 1.54) is 11.1 Å². The molecule has 0 aromatic heterocycles. The van der Waals surface area contributed by atoms with E-state index in [9.17, 15) is 4.79 Å². The molecule has 2 aromatic carbocycles. The summed E-state index contributed by atoms with van der Waals surface area (Å²) in [5.41, 5.74) is 2.37. The SMILES string of the molecule is C[Si](C)(C)CC(=O)N(Cc1ccccc1)Cc1ccccc1. The van der Waals surface area contributed by atoms with E-state index in [0.717, 1.165) is 0 Å². The van der Waals surface area contributed by atoms with Gasteiger partial charge >= 0.3 is 0 Å². The van der Waals surface area contributed by atoms with Gasteiger partial charge in [0.05, 0.1) is 8.07 Å². The van der Waals surface area contributed by atoms with Crippen molar-refractivity contribution >= 4 is 14.0 Å². The highest BCUT2D eigenvalue weighted by molar-refractivity contribution is 6.78. The van der Waals surface area contributed by atoms with Gasteiger partial charge in [-0.05, 0) is 11.1 Å². The van der Waals surface area contributed by atoms with E-state index in [2.05, 4.69) is 43.9 Å². The number of carbonyl (C=O) groups is 1. The maximum Gasteiger partial charge on any atom is 0.220 e. The number of benzene rings is 2. The highest BCUT2D eigenvalue weighted by atomic mass is 28.3. The van der Waals surface area contributed by atoms with E-state index >= 15 is 0 Å². The number of nitrogens with zero attached hydrogens (tertiary/aromatic N) is 1. The maximum atomic E-state index is 12.7. The van der Waals surface area contributed by atoms with E-state index in [1.54, 1.807) is 0 Å². The Morgan fingerprint density at radius 1 is 0.818 bits per heavy atom. The van der Waals surface area contributed by atoms with Gasteiger partial charge < -0.3 is 4.90 Å². The summed E-state index contributed by atoms with van der Waals surface area (Å²) in [6.07, 6.45) is 0. The first-order valence-electron chi connectivity index (χ1n) is 7.80. The lowest BCUT2D eigenvalue weighted by molar-refractivity contribution is -0.130. The van der Waals surface area contributed by atoms with E-state index < -0.39 is 8.07 Å². The molecule has 22 heavy (non-hydrogen) atoms. The van der Waals surface area contributed by atoms with Gasteiger partial charge in [0, 0.05) is 19.1 Å². The Labute approximate surface area is 134 Å². The van der Waals surface area contributed by atoms with Crippen LogP contribution < -0.4 is 0 Å². The van der Waals surface area contributed by atoms with E-state index in [-0.39, 0.29) is 5.91 Å². The van der Waals surface area contributed by atoms with Gasteiger partial charge in [0.1, 0.15) is 0 Å². The topological polar surface area (TPSA) is 20.3 Å². The predicted octanol–water partition coefficient (Wildman–Crippen LogP) is 4.55. The number of hydrogen-bond acceptors (Lipinski definition) is 1. The number of carbonyl (C=O) groups excluding carboxylic acids is 1. The molecule has 1 amide bonds. The summed E-state index contributed by atoms with van der Waals surface area (Å²) in [4.78, 5) is 14.7. The van der Waals surface area contributed by atoms with Crippen molar-refractivity contribution in [1.29, 1.82) is 0 Å². The van der Waals surface area contributed by atoms with Crippen LogP contribution >= 0.6 is 0 Å². The van der Waals surface area contributed by atoms with Gasteiger partial charge in [0.25, 0.3) is 0 Å². The number of rotatable bonds is 6. The van der Waals surface area contributed by atoms with Crippen LogP contribution in [0, 0.1) is 0 Å². The average molecular weight is 312 g/mol. The average Bonchev–Trinajstić information content (AvgIpc) is 2.47. The summed E-state index contributed by atoms with van der Waals surface area (Å²) in [5, 5.41) is 0. The molecular weight excluding hydrogens is 286 g/mol. The summed E-state index contributed by atoms with van der Waals surface area (Å²) in [6.45, 7) is 8.09. The molecule has 0 bridgehead atoms. The lowest BCUT2D eigenvalue weighted by atomic mass is 10.1. The fraction of sp³-hybridized carbons (Fsp3) is 0.316. The summed E-state index contributed by atoms with van der Waals surface area (Å²) in [7, 11) is -1.41. The van der Waals surface area contributed by atoms with Crippen LogP contribution in [0.3, 0.4) is 0 Å². The van der Waals surface area contributed by atoms with Crippen molar-refractivity contribution in [3.8, 4) is 0 Å². The second kappa shape index (κ2) is 7.41. The van der Waals surface area contributed by atoms with Crippen LogP contribution in [0.4, 0.5) is 0 Å². The van der Waals surface area contributed by atoms with Crippen LogP contribution in [0.15, 0.2) is 60.7 Å². The van der Waals surface area contributed by atoms with Crippen molar-refractivity contribution in [2.75, 3.05) is 0 Å². The lowest BCUT2D eigenvalue weighted by Crippen LogP contribution is -2.35. The number of hydrogen-bond donors (Lipinski definition) is 0. The Morgan fingerprint density at radius 2 is 1.23 bits per heavy atom. The molecule has 2 rings (SSSR count). The first-order valence-corrected chi connectivity index (χ1v) is 11.5. The van der Waals surface area contributed by atoms with Crippen molar-refractivity contribution < 1.29 is 4.79 Å². The van der Waals surface area contributed by atoms with Crippen LogP contribution in [0.1, 0.15) is 11.1 Å². The maximum absolute atomic E-state index is 12.7. The van der Waals surface area contributed by atoms with Crippen molar-refractivity contribution in [3.63, 3.8) is 0 Å². The van der Waals surface area contributed by atoms with Gasteiger partial charge in [0.15, 0.2) is 0 Å². The van der Waals surface area contributed by atoms with E-state index in [0.29, 0.717) is 19.1 Å². The molecule has 0 N–H and O–H groups in total. The van der Waals surface area contributed by atoms with Crippen LogP contribution in [-0.2, 0) is 17.9 Å². The minimum atomic E-state index is -1.41. The third kappa shape index (κ3) is 5.49. The zero-order chi connectivity index (χ0) is 16.0. The summed E-state index contributed by atoms with van der Waals surface area (Å²) in [5.74, 6) is 0.270. The monoisotopic (exact) mass is 311 g/mol. The van der Waals surface area contributed by atoms with Gasteiger partial charge in [0.2, 0.25) is 5.91 Å². The molecule has 0 unspecified atom stereocenters. The number of amides is 1. The highest BCUT2D eigenvalue weighted by Gasteiger charge is 2.23. The van der Waals surface area contributed by atoms with Gasteiger partial charge in [-0.2, -0.15) is 0 Å². The van der Waals surface area contributed by atoms with Gasteiger partial charge in [-0.25, -0.2) is 0 Å². The molecule has 0 heterocycles. The lowest BCUT2D eigenvalue weighted by Gasteiger charge is -2.26. The van der Waals surface area contributed by atoms with Crippen LogP contribution in [0.2, 0.25) is 25.7 Å². The van der Waals surface area contributed by atoms with Gasteiger partial charge in [-0.15, -0.1) is 0 Å². The predicted molar refractivity (Wildman–Crippen MR) is 95.3 cm³/mol. The van der Waals surface area contributed by atoms with E-state index in [4.69, 9.17) is 0 Å². The Balaban J connectivity index is 2.14. The van der Waals surface area contributed by atoms with Crippen molar-refractivity contribution in [2.24, 2.45) is 0 Å². The quantitative estimate of drug-likeness (QED) is 0.717. The fourth-order valence-corrected chi connectivity index (χ4v) is 3.54. The molecule has 0 radical (unpaired) electrons. The minimum Gasteiger partial charge on any atom is -0.334 e. The Morgan fingerprint density at radius 3 is 1.59 bits per heavy atom. The molecule has 0 saturated carbocycles. The molecule has 0 spiro atoms. The first kappa shape index (κ1) is 16.5. The molecule has 0 saturated heterocycles. The summed E-state index contributed by atoms with van der Waals surface area (Å²) >= 11 is 0. The van der Waals surface area contributed by atoms with Crippen LogP contribution in [0.5, 0.6) is 0 Å². The normalized spacial score (nSPS) is 11.2. The molecule has 2 aromatic rings. The van der Waals surface area contributed by atoms with Gasteiger partial charge in [-0.1, -0.05) is 80.3 Å². The smallest absolute Gasteiger partial charge is 0.220 e. The second-order valence-electron chi connectivity index (χ2n) is 6.96.